The van der Waals surface area contributed by atoms with Gasteiger partial charge in [0.15, 0.2) is 5.76 Å². The second-order valence-electron chi connectivity index (χ2n) is 7.51. The van der Waals surface area contributed by atoms with Gasteiger partial charge in [-0.3, -0.25) is 9.59 Å². The molecule has 0 spiro atoms. The van der Waals surface area contributed by atoms with Crippen molar-refractivity contribution >= 4 is 39.1 Å². The van der Waals surface area contributed by atoms with Gasteiger partial charge in [-0.1, -0.05) is 29.8 Å². The van der Waals surface area contributed by atoms with Crippen molar-refractivity contribution in [1.82, 2.24) is 5.43 Å². The molecule has 1 heterocycles. The molecule has 6 nitrogen and oxygen atoms in total. The van der Waals surface area contributed by atoms with Crippen LogP contribution in [0.3, 0.4) is 0 Å². The van der Waals surface area contributed by atoms with Crippen LogP contribution in [-0.2, 0) is 6.42 Å². The largest absolute Gasteiger partial charge is 0.455 e. The van der Waals surface area contributed by atoms with Crippen LogP contribution >= 0.6 is 15.9 Å². The first-order valence-electron chi connectivity index (χ1n) is 10.1. The summed E-state index contributed by atoms with van der Waals surface area (Å²) < 4.78 is 6.72. The van der Waals surface area contributed by atoms with E-state index in [0.29, 0.717) is 17.7 Å². The Kier molecular flexibility index (Phi) is 6.04. The van der Waals surface area contributed by atoms with Crippen molar-refractivity contribution in [3.8, 4) is 0 Å². The van der Waals surface area contributed by atoms with Gasteiger partial charge in [-0.05, 0) is 66.9 Å². The lowest BCUT2D eigenvalue weighted by Gasteiger charge is -2.13. The summed E-state index contributed by atoms with van der Waals surface area (Å²) in [5, 5.41) is 7.26. The van der Waals surface area contributed by atoms with E-state index < -0.39 is 0 Å². The number of hydrazone groups is 1. The monoisotopic (exact) mass is 479 g/mol. The summed E-state index contributed by atoms with van der Waals surface area (Å²) in [6.45, 7) is 3.78. The van der Waals surface area contributed by atoms with Gasteiger partial charge in [0.05, 0.1) is 11.4 Å². The highest BCUT2D eigenvalue weighted by Crippen LogP contribution is 2.31. The number of amides is 2. The third-order valence-electron chi connectivity index (χ3n) is 5.23. The second-order valence-corrected chi connectivity index (χ2v) is 8.37. The molecule has 0 aliphatic heterocycles. The number of aryl methyl sites for hydroxylation is 2. The first-order valence-corrected chi connectivity index (χ1v) is 10.9. The fraction of sp³-hybridized carbons (Fsp3) is 0.208. The maximum atomic E-state index is 12.9. The van der Waals surface area contributed by atoms with Crippen LogP contribution < -0.4 is 10.7 Å². The molecule has 4 rings (SSSR count). The second kappa shape index (κ2) is 8.89. The average Bonchev–Trinajstić information content (AvgIpc) is 3.11. The molecule has 158 valence electrons. The average molecular weight is 480 g/mol. The highest BCUT2D eigenvalue weighted by atomic mass is 79.9. The molecule has 0 atom stereocenters. The molecular formula is C24H22BrN3O3. The number of rotatable bonds is 4. The molecule has 3 aromatic rings. The molecule has 0 unspecified atom stereocenters. The number of hydrogen-bond donors (Lipinski definition) is 2. The predicted molar refractivity (Wildman–Crippen MR) is 124 cm³/mol. The van der Waals surface area contributed by atoms with Crippen molar-refractivity contribution in [2.45, 2.75) is 33.1 Å². The van der Waals surface area contributed by atoms with E-state index in [-0.39, 0.29) is 17.6 Å². The molecule has 0 saturated carbocycles. The van der Waals surface area contributed by atoms with E-state index in [1.165, 1.54) is 0 Å². The standard InChI is InChI=1S/C24H22BrN3O3/c1-14-7-5-8-16(13-14)23(29)28-27-19-11-6-12-20-21(19)15(2)22(31-20)24(30)26-18-10-4-3-9-17(18)25/h3-5,7-10,13H,6,11-12H2,1-2H3,(H,26,30)(H,28,29)/b27-19+. The number of furan rings is 1. The fourth-order valence-corrected chi connectivity index (χ4v) is 4.09. The molecule has 2 aromatic carbocycles. The predicted octanol–water partition coefficient (Wildman–Crippen LogP) is 5.38. The summed E-state index contributed by atoms with van der Waals surface area (Å²) in [6, 6.07) is 14.7. The number of para-hydroxylation sites is 1. The third kappa shape index (κ3) is 4.46. The molecule has 31 heavy (non-hydrogen) atoms. The Balaban J connectivity index is 1.58. The Bertz CT molecular complexity index is 1200. The van der Waals surface area contributed by atoms with Gasteiger partial charge >= 0.3 is 0 Å². The molecule has 0 bridgehead atoms. The van der Waals surface area contributed by atoms with E-state index in [9.17, 15) is 9.59 Å². The Morgan fingerprint density at radius 2 is 1.84 bits per heavy atom. The van der Waals surface area contributed by atoms with Crippen LogP contribution in [0, 0.1) is 13.8 Å². The Hall–Kier alpha value is -3.19. The van der Waals surface area contributed by atoms with Crippen LogP contribution in [0.1, 0.15) is 56.2 Å². The minimum Gasteiger partial charge on any atom is -0.455 e. The van der Waals surface area contributed by atoms with Crippen LogP contribution in [0.15, 0.2) is 62.5 Å². The van der Waals surface area contributed by atoms with Crippen molar-refractivity contribution in [2.75, 3.05) is 5.32 Å². The quantitative estimate of drug-likeness (QED) is 0.492. The van der Waals surface area contributed by atoms with Crippen LogP contribution in [-0.4, -0.2) is 17.5 Å². The van der Waals surface area contributed by atoms with Crippen LogP contribution in [0.5, 0.6) is 0 Å². The zero-order chi connectivity index (χ0) is 22.0. The lowest BCUT2D eigenvalue weighted by molar-refractivity contribution is 0.0953. The van der Waals surface area contributed by atoms with Crippen molar-refractivity contribution in [3.63, 3.8) is 0 Å². The number of benzene rings is 2. The topological polar surface area (TPSA) is 83.7 Å². The van der Waals surface area contributed by atoms with E-state index in [0.717, 1.165) is 45.5 Å². The number of fused-ring (bicyclic) bond motifs is 1. The number of anilines is 1. The van der Waals surface area contributed by atoms with Crippen LogP contribution in [0.2, 0.25) is 0 Å². The maximum Gasteiger partial charge on any atom is 0.291 e. The van der Waals surface area contributed by atoms with Crippen LogP contribution in [0.25, 0.3) is 0 Å². The molecule has 7 heteroatoms. The summed E-state index contributed by atoms with van der Waals surface area (Å²) in [5.41, 5.74) is 7.14. The number of halogens is 1. The molecule has 1 aliphatic rings. The van der Waals surface area contributed by atoms with Gasteiger partial charge in [-0.15, -0.1) is 0 Å². The Labute approximate surface area is 188 Å². The molecule has 0 saturated heterocycles. The summed E-state index contributed by atoms with van der Waals surface area (Å²) in [6.07, 6.45) is 2.26. The number of nitrogens with one attached hydrogen (secondary N) is 2. The molecule has 1 aromatic heterocycles. The van der Waals surface area contributed by atoms with Crippen molar-refractivity contribution in [2.24, 2.45) is 5.10 Å². The molecule has 2 N–H and O–H groups in total. The SMILES string of the molecule is Cc1cccc(C(=O)N/N=C2\CCCc3oc(C(=O)Nc4ccccc4Br)c(C)c32)c1. The maximum absolute atomic E-state index is 12.9. The number of hydrogen-bond acceptors (Lipinski definition) is 4. The number of carbonyl (C=O) groups excluding carboxylic acids is 2. The van der Waals surface area contributed by atoms with Gasteiger partial charge in [-0.25, -0.2) is 5.43 Å². The zero-order valence-electron chi connectivity index (χ0n) is 17.3. The minimum atomic E-state index is -0.318. The molecular weight excluding hydrogens is 458 g/mol. The van der Waals surface area contributed by atoms with Crippen molar-refractivity contribution < 1.29 is 14.0 Å². The van der Waals surface area contributed by atoms with Gasteiger partial charge < -0.3 is 9.73 Å². The van der Waals surface area contributed by atoms with Crippen LogP contribution in [0.4, 0.5) is 5.69 Å². The van der Waals surface area contributed by atoms with Gasteiger partial charge in [0.1, 0.15) is 5.76 Å². The smallest absolute Gasteiger partial charge is 0.291 e. The van der Waals surface area contributed by atoms with E-state index in [4.69, 9.17) is 4.42 Å². The highest BCUT2D eigenvalue weighted by molar-refractivity contribution is 9.10. The molecule has 0 fully saturated rings. The summed E-state index contributed by atoms with van der Waals surface area (Å²) in [4.78, 5) is 25.3. The van der Waals surface area contributed by atoms with Gasteiger partial charge in [0.25, 0.3) is 11.8 Å². The van der Waals surface area contributed by atoms with Gasteiger partial charge in [0, 0.05) is 27.6 Å². The number of carbonyl (C=O) groups is 2. The Morgan fingerprint density at radius 3 is 2.61 bits per heavy atom. The molecule has 0 radical (unpaired) electrons. The summed E-state index contributed by atoms with van der Waals surface area (Å²) >= 11 is 3.44. The minimum absolute atomic E-state index is 0.264. The fourth-order valence-electron chi connectivity index (χ4n) is 3.71. The Morgan fingerprint density at radius 1 is 1.03 bits per heavy atom. The van der Waals surface area contributed by atoms with E-state index in [1.54, 1.807) is 6.07 Å². The van der Waals surface area contributed by atoms with E-state index >= 15 is 0 Å². The lowest BCUT2D eigenvalue weighted by Crippen LogP contribution is -2.22. The first-order chi connectivity index (χ1) is 14.9. The van der Waals surface area contributed by atoms with Gasteiger partial charge in [0.2, 0.25) is 0 Å². The summed E-state index contributed by atoms with van der Waals surface area (Å²) in [5.74, 6) is 0.406. The molecule has 1 aliphatic carbocycles. The van der Waals surface area contributed by atoms with Gasteiger partial charge in [-0.2, -0.15) is 5.10 Å². The zero-order valence-corrected chi connectivity index (χ0v) is 18.9. The first kappa shape index (κ1) is 21.1. The lowest BCUT2D eigenvalue weighted by atomic mass is 9.93. The van der Waals surface area contributed by atoms with E-state index in [2.05, 4.69) is 31.8 Å². The summed E-state index contributed by atoms with van der Waals surface area (Å²) in [7, 11) is 0. The van der Waals surface area contributed by atoms with Crippen molar-refractivity contribution in [1.29, 1.82) is 0 Å². The number of nitrogens with zero attached hydrogens (tertiary/aromatic N) is 1. The highest BCUT2D eigenvalue weighted by Gasteiger charge is 2.28. The van der Waals surface area contributed by atoms with Crippen molar-refractivity contribution in [3.05, 3.63) is 86.8 Å². The normalized spacial score (nSPS) is 14.2. The molecule has 2 amide bonds. The third-order valence-corrected chi connectivity index (χ3v) is 5.92. The van der Waals surface area contributed by atoms with E-state index in [1.807, 2.05) is 56.3 Å².